The van der Waals surface area contributed by atoms with Crippen LogP contribution in [0.2, 0.25) is 0 Å². The second-order valence-corrected chi connectivity index (χ2v) is 15.9. The Hall–Kier alpha value is -1.20. The highest BCUT2D eigenvalue weighted by Gasteiger charge is 2.71. The standard InChI is InChI=1S/C32H51NO4/c1-27(2)23-8-10-32(7)24(30(23,5)17-19(9-15-34)25(27)36)22(35)16-20-21-18-29(4,26(33)37)12-11-28(21,3)13-14-31(20,32)6/h16,19,21,23-25,34,36H,8-15,17-18H2,1-7H3,(H2,33,37)/t19?,21-,23?,24+,25-,28+,29-,30-,31+,32+/m0/s1. The molecule has 0 heterocycles. The summed E-state index contributed by atoms with van der Waals surface area (Å²) in [6.07, 6.45) is 9.67. The van der Waals surface area contributed by atoms with E-state index in [9.17, 15) is 19.8 Å². The van der Waals surface area contributed by atoms with Crippen molar-refractivity contribution in [3.63, 3.8) is 0 Å². The largest absolute Gasteiger partial charge is 0.396 e. The topological polar surface area (TPSA) is 101 Å². The number of carbonyl (C=O) groups excluding carboxylic acids is 2. The number of nitrogens with two attached hydrogens (primary N) is 1. The maximum Gasteiger partial charge on any atom is 0.223 e. The minimum absolute atomic E-state index is 0.00107. The van der Waals surface area contributed by atoms with Gasteiger partial charge in [0, 0.05) is 17.9 Å². The van der Waals surface area contributed by atoms with E-state index in [4.69, 9.17) is 5.73 Å². The molecule has 2 unspecified atom stereocenters. The Morgan fingerprint density at radius 1 is 1.00 bits per heavy atom. The molecule has 5 nitrogen and oxygen atoms in total. The molecule has 4 N–H and O–H groups in total. The van der Waals surface area contributed by atoms with Crippen LogP contribution in [-0.4, -0.2) is 34.6 Å². The summed E-state index contributed by atoms with van der Waals surface area (Å²) in [5.41, 5.74) is 5.99. The third kappa shape index (κ3) is 3.41. The molecule has 0 saturated heterocycles. The first-order chi connectivity index (χ1) is 17.0. The fourth-order valence-corrected chi connectivity index (χ4v) is 11.2. The zero-order chi connectivity index (χ0) is 27.4. The van der Waals surface area contributed by atoms with Gasteiger partial charge in [-0.1, -0.05) is 54.0 Å². The summed E-state index contributed by atoms with van der Waals surface area (Å²) >= 11 is 0. The average molecular weight is 514 g/mol. The molecule has 5 aliphatic carbocycles. The molecule has 5 heteroatoms. The van der Waals surface area contributed by atoms with Gasteiger partial charge in [-0.3, -0.25) is 9.59 Å². The number of ketones is 1. The van der Waals surface area contributed by atoms with Gasteiger partial charge in [0.05, 0.1) is 6.10 Å². The first kappa shape index (κ1) is 27.4. The number of hydrogen-bond donors (Lipinski definition) is 3. The number of hydrogen-bond acceptors (Lipinski definition) is 4. The number of carbonyl (C=O) groups is 2. The number of allylic oxidation sites excluding steroid dienone is 2. The Labute approximate surface area is 224 Å². The van der Waals surface area contributed by atoms with E-state index >= 15 is 0 Å². The Bertz CT molecular complexity index is 1030. The number of primary amides is 1. The van der Waals surface area contributed by atoms with Gasteiger partial charge in [-0.05, 0) is 109 Å². The number of fused-ring (bicyclic) bond motifs is 7. The van der Waals surface area contributed by atoms with Gasteiger partial charge in [0.15, 0.2) is 5.78 Å². The van der Waals surface area contributed by atoms with Gasteiger partial charge < -0.3 is 15.9 Å². The summed E-state index contributed by atoms with van der Waals surface area (Å²) in [5, 5.41) is 21.2. The van der Waals surface area contributed by atoms with Crippen LogP contribution in [0.15, 0.2) is 11.6 Å². The van der Waals surface area contributed by atoms with Crippen LogP contribution < -0.4 is 5.73 Å². The van der Waals surface area contributed by atoms with Gasteiger partial charge in [-0.2, -0.15) is 0 Å². The predicted molar refractivity (Wildman–Crippen MR) is 145 cm³/mol. The van der Waals surface area contributed by atoms with Crippen LogP contribution >= 0.6 is 0 Å². The van der Waals surface area contributed by atoms with Crippen molar-refractivity contribution in [3.8, 4) is 0 Å². The molecule has 0 aromatic carbocycles. The number of aliphatic hydroxyl groups excluding tert-OH is 2. The molecule has 0 aromatic rings. The summed E-state index contributed by atoms with van der Waals surface area (Å²) in [5.74, 6) is 0.408. The summed E-state index contributed by atoms with van der Waals surface area (Å²) in [7, 11) is 0. The summed E-state index contributed by atoms with van der Waals surface area (Å²) in [6.45, 7) is 16.0. The molecular formula is C32H51NO4. The quantitative estimate of drug-likeness (QED) is 0.469. The number of rotatable bonds is 3. The van der Waals surface area contributed by atoms with Crippen molar-refractivity contribution in [1.82, 2.24) is 0 Å². The van der Waals surface area contributed by atoms with Crippen LogP contribution in [0.1, 0.15) is 106 Å². The molecule has 0 bridgehead atoms. The molecule has 208 valence electrons. The van der Waals surface area contributed by atoms with Crippen molar-refractivity contribution in [3.05, 3.63) is 11.6 Å². The zero-order valence-electron chi connectivity index (χ0n) is 24.3. The molecule has 4 fully saturated rings. The molecule has 37 heavy (non-hydrogen) atoms. The van der Waals surface area contributed by atoms with Gasteiger partial charge in [-0.15, -0.1) is 0 Å². The summed E-state index contributed by atoms with van der Waals surface area (Å²) in [6, 6.07) is 0. The average Bonchev–Trinajstić information content (AvgIpc) is 2.80. The third-order valence-electron chi connectivity index (χ3n) is 13.7. The molecule has 5 rings (SSSR count). The van der Waals surface area contributed by atoms with E-state index in [2.05, 4.69) is 41.5 Å². The van der Waals surface area contributed by atoms with Gasteiger partial charge in [0.2, 0.25) is 5.91 Å². The molecule has 5 aliphatic rings. The highest BCUT2D eigenvalue weighted by molar-refractivity contribution is 5.95. The van der Waals surface area contributed by atoms with Crippen LogP contribution in [0.4, 0.5) is 0 Å². The maximum atomic E-state index is 14.4. The van der Waals surface area contributed by atoms with Crippen molar-refractivity contribution in [2.45, 2.75) is 112 Å². The van der Waals surface area contributed by atoms with Gasteiger partial charge in [0.25, 0.3) is 0 Å². The predicted octanol–water partition coefficient (Wildman–Crippen LogP) is 5.42. The van der Waals surface area contributed by atoms with Crippen molar-refractivity contribution in [2.75, 3.05) is 6.61 Å². The highest BCUT2D eigenvalue weighted by Crippen LogP contribution is 2.75. The first-order valence-corrected chi connectivity index (χ1v) is 14.8. The summed E-state index contributed by atoms with van der Waals surface area (Å²) < 4.78 is 0. The van der Waals surface area contributed by atoms with Gasteiger partial charge in [-0.25, -0.2) is 0 Å². The lowest BCUT2D eigenvalue weighted by atomic mass is 9.33. The monoisotopic (exact) mass is 513 g/mol. The number of amides is 1. The van der Waals surface area contributed by atoms with Crippen LogP contribution in [0, 0.1) is 56.2 Å². The van der Waals surface area contributed by atoms with Crippen molar-refractivity contribution in [2.24, 2.45) is 61.9 Å². The molecule has 1 amide bonds. The minimum Gasteiger partial charge on any atom is -0.396 e. The van der Waals surface area contributed by atoms with E-state index in [0.29, 0.717) is 6.42 Å². The fraction of sp³-hybridized carbons (Fsp3) is 0.875. The molecule has 0 aliphatic heterocycles. The SMILES string of the molecule is CC1(C)C2CC[C@]3(C)[C@H](C(=O)C=C4[C@@H]5C[C@@](C)(C(N)=O)CC[C@]5(C)CC[C@]43C)[C@@]2(C)CC(CCO)[C@@H]1O. The fourth-order valence-electron chi connectivity index (χ4n) is 11.2. The third-order valence-corrected chi connectivity index (χ3v) is 13.7. The van der Waals surface area contributed by atoms with Gasteiger partial charge in [0.1, 0.15) is 0 Å². The van der Waals surface area contributed by atoms with Crippen LogP contribution in [0.3, 0.4) is 0 Å². The van der Waals surface area contributed by atoms with Crippen molar-refractivity contribution < 1.29 is 19.8 Å². The molecule has 0 spiro atoms. The Morgan fingerprint density at radius 3 is 2.27 bits per heavy atom. The molecule has 10 atom stereocenters. The smallest absolute Gasteiger partial charge is 0.223 e. The lowest BCUT2D eigenvalue weighted by Gasteiger charge is -2.71. The zero-order valence-corrected chi connectivity index (χ0v) is 24.3. The lowest BCUT2D eigenvalue weighted by molar-refractivity contribution is -0.217. The first-order valence-electron chi connectivity index (χ1n) is 14.8. The van der Waals surface area contributed by atoms with E-state index in [0.717, 1.165) is 51.4 Å². The Morgan fingerprint density at radius 2 is 1.65 bits per heavy atom. The maximum absolute atomic E-state index is 14.4. The molecule has 4 saturated carbocycles. The highest BCUT2D eigenvalue weighted by atomic mass is 16.3. The molecule has 0 aromatic heterocycles. The van der Waals surface area contributed by atoms with E-state index in [-0.39, 0.29) is 69.0 Å². The van der Waals surface area contributed by atoms with Crippen LogP contribution in [0.25, 0.3) is 0 Å². The van der Waals surface area contributed by atoms with E-state index in [1.165, 1.54) is 5.57 Å². The van der Waals surface area contributed by atoms with E-state index < -0.39 is 11.5 Å². The van der Waals surface area contributed by atoms with E-state index in [1.54, 1.807) is 0 Å². The van der Waals surface area contributed by atoms with Crippen molar-refractivity contribution >= 4 is 11.7 Å². The van der Waals surface area contributed by atoms with Crippen LogP contribution in [0.5, 0.6) is 0 Å². The second kappa shape index (κ2) is 8.16. The van der Waals surface area contributed by atoms with Crippen molar-refractivity contribution in [1.29, 1.82) is 0 Å². The lowest BCUT2D eigenvalue weighted by Crippen LogP contribution is -2.67. The normalized spacial score (nSPS) is 52.7. The van der Waals surface area contributed by atoms with Gasteiger partial charge >= 0.3 is 0 Å². The number of aliphatic hydroxyl groups is 2. The molecule has 0 radical (unpaired) electrons. The minimum atomic E-state index is -0.519. The van der Waals surface area contributed by atoms with E-state index in [1.807, 2.05) is 13.0 Å². The Balaban J connectivity index is 1.62. The second-order valence-electron chi connectivity index (χ2n) is 15.9. The molecular weight excluding hydrogens is 462 g/mol. The Kier molecular flexibility index (Phi) is 6.04. The van der Waals surface area contributed by atoms with Crippen LogP contribution in [-0.2, 0) is 9.59 Å². The summed E-state index contributed by atoms with van der Waals surface area (Å²) in [4.78, 5) is 27.0.